The number of unbranched alkanes of at least 4 members (excludes halogenated alkanes) is 6. The fraction of sp³-hybridized carbons (Fsp3) is 0.625. The minimum atomic E-state index is 0.380. The summed E-state index contributed by atoms with van der Waals surface area (Å²) >= 11 is 0. The first-order valence-corrected chi connectivity index (χ1v) is 7.02. The number of benzene rings is 1. The highest BCUT2D eigenvalue weighted by molar-refractivity contribution is 5.33. The Bertz CT molecular complexity index is 317. The normalized spacial score (nSPS) is 10.7. The molecule has 0 bridgehead atoms. The van der Waals surface area contributed by atoms with Crippen molar-refractivity contribution in [3.63, 3.8) is 0 Å². The number of phenols is 1. The smallest absolute Gasteiger partial charge is 0.115 e. The molecule has 1 aromatic carbocycles. The lowest BCUT2D eigenvalue weighted by Crippen LogP contribution is -1.90. The minimum absolute atomic E-state index is 0.380. The molecule has 1 nitrogen and oxygen atoms in total. The van der Waals surface area contributed by atoms with Gasteiger partial charge >= 0.3 is 0 Å². The van der Waals surface area contributed by atoms with Crippen LogP contribution in [0.5, 0.6) is 5.75 Å². The van der Waals surface area contributed by atoms with Crippen LogP contribution in [-0.2, 0) is 6.42 Å². The molecule has 1 rings (SSSR count). The van der Waals surface area contributed by atoms with Crippen LogP contribution in [0.2, 0.25) is 0 Å². The van der Waals surface area contributed by atoms with E-state index in [2.05, 4.69) is 19.9 Å². The molecule has 96 valence electrons. The molecule has 0 aromatic heterocycles. The molecule has 0 fully saturated rings. The van der Waals surface area contributed by atoms with E-state index in [0.717, 1.165) is 6.42 Å². The lowest BCUT2D eigenvalue weighted by molar-refractivity contribution is 0.474. The average molecular weight is 234 g/mol. The maximum atomic E-state index is 9.33. The largest absolute Gasteiger partial charge is 0.508 e. The van der Waals surface area contributed by atoms with Gasteiger partial charge in [0.25, 0.3) is 0 Å². The Kier molecular flexibility index (Phi) is 6.76. The number of aromatic hydroxyl groups is 1. The molecule has 0 heterocycles. The zero-order chi connectivity index (χ0) is 12.5. The molecule has 0 unspecified atom stereocenters. The van der Waals surface area contributed by atoms with Crippen LogP contribution in [0.25, 0.3) is 0 Å². The summed E-state index contributed by atoms with van der Waals surface area (Å²) in [5.41, 5.74) is 2.60. The quantitative estimate of drug-likeness (QED) is 0.628. The molecule has 1 N–H and O–H groups in total. The van der Waals surface area contributed by atoms with Gasteiger partial charge < -0.3 is 5.11 Å². The highest BCUT2D eigenvalue weighted by atomic mass is 16.3. The summed E-state index contributed by atoms with van der Waals surface area (Å²) in [5.74, 6) is 0.380. The van der Waals surface area contributed by atoms with Gasteiger partial charge in [0.1, 0.15) is 5.75 Å². The van der Waals surface area contributed by atoms with Crippen LogP contribution in [0.3, 0.4) is 0 Å². The Balaban J connectivity index is 2.14. The third-order valence-corrected chi connectivity index (χ3v) is 3.38. The van der Waals surface area contributed by atoms with Gasteiger partial charge in [-0.1, -0.05) is 51.5 Å². The van der Waals surface area contributed by atoms with Gasteiger partial charge in [-0.15, -0.1) is 0 Å². The van der Waals surface area contributed by atoms with Crippen LogP contribution < -0.4 is 0 Å². The fourth-order valence-corrected chi connectivity index (χ4v) is 2.23. The number of rotatable bonds is 8. The Morgan fingerprint density at radius 2 is 1.59 bits per heavy atom. The molecule has 0 spiro atoms. The minimum Gasteiger partial charge on any atom is -0.508 e. The van der Waals surface area contributed by atoms with Crippen molar-refractivity contribution >= 4 is 0 Å². The third-order valence-electron chi connectivity index (χ3n) is 3.38. The van der Waals surface area contributed by atoms with Gasteiger partial charge in [-0.2, -0.15) is 0 Å². The molecule has 0 saturated heterocycles. The van der Waals surface area contributed by atoms with Crippen LogP contribution in [0, 0.1) is 6.92 Å². The predicted molar refractivity (Wildman–Crippen MR) is 74.5 cm³/mol. The lowest BCUT2D eigenvalue weighted by atomic mass is 10.0. The number of aryl methyl sites for hydroxylation is 2. The van der Waals surface area contributed by atoms with E-state index in [1.54, 1.807) is 6.07 Å². The topological polar surface area (TPSA) is 20.2 Å². The lowest BCUT2D eigenvalue weighted by Gasteiger charge is -2.06. The molecule has 0 amide bonds. The molecular formula is C16H26O. The van der Waals surface area contributed by atoms with E-state index in [0.29, 0.717) is 5.75 Å². The maximum absolute atomic E-state index is 9.33. The van der Waals surface area contributed by atoms with Crippen molar-refractivity contribution in [3.8, 4) is 5.75 Å². The maximum Gasteiger partial charge on any atom is 0.115 e. The summed E-state index contributed by atoms with van der Waals surface area (Å²) < 4.78 is 0. The predicted octanol–water partition coefficient (Wildman–Crippen LogP) is 4.99. The highest BCUT2D eigenvalue weighted by Gasteiger charge is 1.99. The monoisotopic (exact) mass is 234 g/mol. The van der Waals surface area contributed by atoms with Crippen LogP contribution in [0.15, 0.2) is 18.2 Å². The standard InChI is InChI=1S/C16H26O/c1-3-4-5-6-7-8-9-10-15-11-12-16(17)13-14(15)2/h11-13,17H,3-10H2,1-2H3. The second kappa shape index (κ2) is 8.16. The van der Waals surface area contributed by atoms with Crippen LogP contribution in [-0.4, -0.2) is 5.11 Å². The second-order valence-corrected chi connectivity index (χ2v) is 4.98. The molecule has 1 heteroatoms. The van der Waals surface area contributed by atoms with E-state index in [-0.39, 0.29) is 0 Å². The zero-order valence-electron chi connectivity index (χ0n) is 11.3. The fourth-order valence-electron chi connectivity index (χ4n) is 2.23. The average Bonchev–Trinajstić information content (AvgIpc) is 2.30. The van der Waals surface area contributed by atoms with E-state index < -0.39 is 0 Å². The molecule has 0 saturated carbocycles. The van der Waals surface area contributed by atoms with E-state index in [1.165, 1.54) is 56.1 Å². The summed E-state index contributed by atoms with van der Waals surface area (Å²) in [6.07, 6.45) is 10.6. The van der Waals surface area contributed by atoms with Crippen LogP contribution >= 0.6 is 0 Å². The summed E-state index contributed by atoms with van der Waals surface area (Å²) in [7, 11) is 0. The van der Waals surface area contributed by atoms with E-state index in [4.69, 9.17) is 0 Å². The van der Waals surface area contributed by atoms with E-state index >= 15 is 0 Å². The van der Waals surface area contributed by atoms with Crippen molar-refractivity contribution in [1.82, 2.24) is 0 Å². The Hall–Kier alpha value is -0.980. The first-order valence-electron chi connectivity index (χ1n) is 7.02. The van der Waals surface area contributed by atoms with Crippen molar-refractivity contribution in [2.45, 2.75) is 65.2 Å². The summed E-state index contributed by atoms with van der Waals surface area (Å²) in [4.78, 5) is 0. The molecule has 1 aromatic rings. The molecule has 0 aliphatic carbocycles. The molecule has 17 heavy (non-hydrogen) atoms. The van der Waals surface area contributed by atoms with Gasteiger partial charge in [-0.05, 0) is 43.0 Å². The first kappa shape index (κ1) is 14.1. The molecular weight excluding hydrogens is 208 g/mol. The van der Waals surface area contributed by atoms with Gasteiger partial charge in [0.15, 0.2) is 0 Å². The van der Waals surface area contributed by atoms with Crippen molar-refractivity contribution in [3.05, 3.63) is 29.3 Å². The second-order valence-electron chi connectivity index (χ2n) is 4.98. The highest BCUT2D eigenvalue weighted by Crippen LogP contribution is 2.18. The number of phenolic OH excluding ortho intramolecular Hbond substituents is 1. The van der Waals surface area contributed by atoms with Crippen LogP contribution in [0.1, 0.15) is 63.0 Å². The summed E-state index contributed by atoms with van der Waals surface area (Å²) in [6, 6.07) is 5.71. The Morgan fingerprint density at radius 1 is 0.941 bits per heavy atom. The van der Waals surface area contributed by atoms with Gasteiger partial charge in [0.2, 0.25) is 0 Å². The van der Waals surface area contributed by atoms with Crippen molar-refractivity contribution in [2.75, 3.05) is 0 Å². The van der Waals surface area contributed by atoms with Crippen LogP contribution in [0.4, 0.5) is 0 Å². The van der Waals surface area contributed by atoms with Gasteiger partial charge in [-0.3, -0.25) is 0 Å². The first-order chi connectivity index (χ1) is 8.24. The molecule has 0 radical (unpaired) electrons. The van der Waals surface area contributed by atoms with Gasteiger partial charge in [0.05, 0.1) is 0 Å². The summed E-state index contributed by atoms with van der Waals surface area (Å²) in [5, 5.41) is 9.33. The van der Waals surface area contributed by atoms with Gasteiger partial charge in [0, 0.05) is 0 Å². The van der Waals surface area contributed by atoms with Crippen molar-refractivity contribution < 1.29 is 5.11 Å². The number of hydrogen-bond donors (Lipinski definition) is 1. The number of hydrogen-bond acceptors (Lipinski definition) is 1. The van der Waals surface area contributed by atoms with Gasteiger partial charge in [-0.25, -0.2) is 0 Å². The Morgan fingerprint density at radius 3 is 2.24 bits per heavy atom. The molecule has 0 aliphatic heterocycles. The zero-order valence-corrected chi connectivity index (χ0v) is 11.3. The van der Waals surface area contributed by atoms with E-state index in [1.807, 2.05) is 6.07 Å². The molecule has 0 atom stereocenters. The van der Waals surface area contributed by atoms with Crippen molar-refractivity contribution in [1.29, 1.82) is 0 Å². The molecule has 0 aliphatic rings. The van der Waals surface area contributed by atoms with E-state index in [9.17, 15) is 5.11 Å². The Labute approximate surface area is 106 Å². The SMILES string of the molecule is CCCCCCCCCc1ccc(O)cc1C. The van der Waals surface area contributed by atoms with Crippen molar-refractivity contribution in [2.24, 2.45) is 0 Å². The third kappa shape index (κ3) is 5.76. The summed E-state index contributed by atoms with van der Waals surface area (Å²) in [6.45, 7) is 4.34.